The van der Waals surface area contributed by atoms with Gasteiger partial charge in [0, 0.05) is 30.9 Å². The quantitative estimate of drug-likeness (QED) is 0.811. The van der Waals surface area contributed by atoms with E-state index in [1.54, 1.807) is 6.33 Å². The molecule has 0 bridgehead atoms. The first-order chi connectivity index (χ1) is 10.2. The fourth-order valence-corrected chi connectivity index (χ4v) is 2.44. The van der Waals surface area contributed by atoms with E-state index in [0.717, 1.165) is 43.9 Å². The summed E-state index contributed by atoms with van der Waals surface area (Å²) in [6.07, 6.45) is 6.56. The highest BCUT2D eigenvalue weighted by molar-refractivity contribution is 5.20. The second-order valence-corrected chi connectivity index (χ2v) is 5.34. The summed E-state index contributed by atoms with van der Waals surface area (Å²) in [4.78, 5) is 8.71. The van der Waals surface area contributed by atoms with E-state index in [2.05, 4.69) is 46.4 Å². The maximum absolute atomic E-state index is 4.43. The van der Waals surface area contributed by atoms with E-state index >= 15 is 0 Å². The largest absolute Gasteiger partial charge is 0.310 e. The molecule has 2 aromatic rings. The highest BCUT2D eigenvalue weighted by Gasteiger charge is 2.15. The van der Waals surface area contributed by atoms with Crippen LogP contribution in [0.25, 0.3) is 0 Å². The molecule has 1 N–H and O–H groups in total. The predicted molar refractivity (Wildman–Crippen MR) is 84.0 cm³/mol. The lowest BCUT2D eigenvalue weighted by Crippen LogP contribution is -2.25. The second-order valence-electron chi connectivity index (χ2n) is 5.34. The van der Waals surface area contributed by atoms with Gasteiger partial charge in [0.2, 0.25) is 0 Å². The van der Waals surface area contributed by atoms with E-state index < -0.39 is 0 Å². The second kappa shape index (κ2) is 7.88. The summed E-state index contributed by atoms with van der Waals surface area (Å²) < 4.78 is 2.01. The molecule has 0 aromatic carbocycles. The highest BCUT2D eigenvalue weighted by atomic mass is 15.3. The Labute approximate surface area is 126 Å². The van der Waals surface area contributed by atoms with Gasteiger partial charge in [-0.05, 0) is 44.0 Å². The normalized spacial score (nSPS) is 12.5. The Bertz CT molecular complexity index is 549. The summed E-state index contributed by atoms with van der Waals surface area (Å²) in [5.41, 5.74) is 2.31. The molecule has 0 saturated heterocycles. The molecule has 5 heteroatoms. The average molecular weight is 287 g/mol. The van der Waals surface area contributed by atoms with Crippen molar-refractivity contribution in [1.29, 1.82) is 0 Å². The van der Waals surface area contributed by atoms with Crippen LogP contribution in [0.4, 0.5) is 0 Å². The van der Waals surface area contributed by atoms with Crippen molar-refractivity contribution in [3.63, 3.8) is 0 Å². The molecule has 2 heterocycles. The Hall–Kier alpha value is -1.75. The van der Waals surface area contributed by atoms with Crippen molar-refractivity contribution in [2.45, 2.75) is 52.6 Å². The number of hydrogen-bond acceptors (Lipinski definition) is 4. The number of pyridine rings is 1. The van der Waals surface area contributed by atoms with Crippen LogP contribution in [0.15, 0.2) is 24.7 Å². The molecule has 2 rings (SSSR count). The van der Waals surface area contributed by atoms with E-state index in [9.17, 15) is 0 Å². The molecule has 0 fully saturated rings. The summed E-state index contributed by atoms with van der Waals surface area (Å²) >= 11 is 0. The van der Waals surface area contributed by atoms with Crippen LogP contribution in [0.5, 0.6) is 0 Å². The zero-order valence-electron chi connectivity index (χ0n) is 13.2. The molecule has 21 heavy (non-hydrogen) atoms. The van der Waals surface area contributed by atoms with Gasteiger partial charge < -0.3 is 5.32 Å². The van der Waals surface area contributed by atoms with Crippen LogP contribution in [0.1, 0.15) is 49.8 Å². The van der Waals surface area contributed by atoms with Crippen molar-refractivity contribution in [1.82, 2.24) is 25.1 Å². The first-order valence-electron chi connectivity index (χ1n) is 7.77. The Kier molecular flexibility index (Phi) is 5.87. The van der Waals surface area contributed by atoms with Gasteiger partial charge >= 0.3 is 0 Å². The number of hydrogen-bond donors (Lipinski definition) is 1. The van der Waals surface area contributed by atoms with Gasteiger partial charge in [0.15, 0.2) is 0 Å². The lowest BCUT2D eigenvalue weighted by atomic mass is 10.0. The maximum Gasteiger partial charge on any atom is 0.138 e. The fourth-order valence-electron chi connectivity index (χ4n) is 2.44. The Balaban J connectivity index is 2.17. The Morgan fingerprint density at radius 3 is 2.81 bits per heavy atom. The van der Waals surface area contributed by atoms with Crippen molar-refractivity contribution in [3.8, 4) is 0 Å². The topological polar surface area (TPSA) is 55.6 Å². The third kappa shape index (κ3) is 4.36. The summed E-state index contributed by atoms with van der Waals surface area (Å²) in [5.74, 6) is 1.04. The third-order valence-corrected chi connectivity index (χ3v) is 3.48. The zero-order valence-corrected chi connectivity index (χ0v) is 13.2. The molecule has 0 spiro atoms. The van der Waals surface area contributed by atoms with Gasteiger partial charge in [0.1, 0.15) is 12.2 Å². The van der Waals surface area contributed by atoms with Gasteiger partial charge in [0.05, 0.1) is 0 Å². The lowest BCUT2D eigenvalue weighted by Gasteiger charge is -2.19. The molecule has 114 valence electrons. The van der Waals surface area contributed by atoms with Crippen LogP contribution in [0, 0.1) is 6.92 Å². The number of rotatable bonds is 8. The lowest BCUT2D eigenvalue weighted by molar-refractivity contribution is 0.488. The predicted octanol–water partition coefficient (Wildman–Crippen LogP) is 2.67. The van der Waals surface area contributed by atoms with Crippen LogP contribution >= 0.6 is 0 Å². The molecule has 5 nitrogen and oxygen atoms in total. The minimum Gasteiger partial charge on any atom is -0.310 e. The molecule has 0 radical (unpaired) electrons. The van der Waals surface area contributed by atoms with Crippen molar-refractivity contribution in [3.05, 3.63) is 41.7 Å². The summed E-state index contributed by atoms with van der Waals surface area (Å²) in [5, 5.41) is 7.93. The molecule has 0 aliphatic heterocycles. The number of nitrogens with zero attached hydrogens (tertiary/aromatic N) is 4. The summed E-state index contributed by atoms with van der Waals surface area (Å²) in [6, 6.07) is 4.49. The molecule has 0 saturated carbocycles. The highest BCUT2D eigenvalue weighted by Crippen LogP contribution is 2.18. The van der Waals surface area contributed by atoms with Gasteiger partial charge in [-0.15, -0.1) is 0 Å². The van der Waals surface area contributed by atoms with Crippen LogP contribution in [-0.2, 0) is 13.0 Å². The van der Waals surface area contributed by atoms with Gasteiger partial charge in [-0.3, -0.25) is 9.67 Å². The molecule has 1 atom stereocenters. The Morgan fingerprint density at radius 1 is 1.24 bits per heavy atom. The van der Waals surface area contributed by atoms with Crippen LogP contribution < -0.4 is 5.32 Å². The van der Waals surface area contributed by atoms with Crippen molar-refractivity contribution < 1.29 is 0 Å². The smallest absolute Gasteiger partial charge is 0.138 e. The van der Waals surface area contributed by atoms with E-state index in [1.807, 2.05) is 17.8 Å². The van der Waals surface area contributed by atoms with Crippen molar-refractivity contribution in [2.24, 2.45) is 0 Å². The molecular weight excluding hydrogens is 262 g/mol. The summed E-state index contributed by atoms with van der Waals surface area (Å²) in [7, 11) is 0. The maximum atomic E-state index is 4.43. The number of nitrogens with one attached hydrogen (secondary N) is 1. The SMILES string of the molecule is CCCNC(Cc1ncnn1CCC)c1ccnc(C)c1. The van der Waals surface area contributed by atoms with E-state index in [-0.39, 0.29) is 6.04 Å². The van der Waals surface area contributed by atoms with Gasteiger partial charge in [-0.25, -0.2) is 4.98 Å². The average Bonchev–Trinajstić information content (AvgIpc) is 2.91. The first-order valence-corrected chi connectivity index (χ1v) is 7.77. The fraction of sp³-hybridized carbons (Fsp3) is 0.562. The monoisotopic (exact) mass is 287 g/mol. The number of aryl methyl sites for hydroxylation is 2. The van der Waals surface area contributed by atoms with E-state index in [4.69, 9.17) is 0 Å². The minimum atomic E-state index is 0.256. The number of aromatic nitrogens is 4. The van der Waals surface area contributed by atoms with Crippen LogP contribution in [-0.4, -0.2) is 26.3 Å². The van der Waals surface area contributed by atoms with E-state index in [0.29, 0.717) is 0 Å². The Morgan fingerprint density at radius 2 is 2.10 bits per heavy atom. The van der Waals surface area contributed by atoms with Crippen LogP contribution in [0.2, 0.25) is 0 Å². The van der Waals surface area contributed by atoms with Crippen LogP contribution in [0.3, 0.4) is 0 Å². The molecule has 0 aliphatic rings. The molecule has 1 unspecified atom stereocenters. The third-order valence-electron chi connectivity index (χ3n) is 3.48. The molecule has 0 aliphatic carbocycles. The van der Waals surface area contributed by atoms with E-state index in [1.165, 1.54) is 5.56 Å². The first kappa shape index (κ1) is 15.6. The zero-order chi connectivity index (χ0) is 15.1. The molecular formula is C16H25N5. The van der Waals surface area contributed by atoms with Gasteiger partial charge in [0.25, 0.3) is 0 Å². The van der Waals surface area contributed by atoms with Crippen molar-refractivity contribution >= 4 is 0 Å². The van der Waals surface area contributed by atoms with Gasteiger partial charge in [-0.1, -0.05) is 13.8 Å². The van der Waals surface area contributed by atoms with Gasteiger partial charge in [-0.2, -0.15) is 5.10 Å². The standard InChI is InChI=1S/C16H25N5/c1-4-7-18-15(14-6-8-17-13(3)10-14)11-16-19-12-20-21(16)9-5-2/h6,8,10,12,15,18H,4-5,7,9,11H2,1-3H3. The molecule has 0 amide bonds. The molecule has 2 aromatic heterocycles. The summed E-state index contributed by atoms with van der Waals surface area (Å²) in [6.45, 7) is 8.28. The minimum absolute atomic E-state index is 0.256. The van der Waals surface area contributed by atoms with Crippen molar-refractivity contribution in [2.75, 3.05) is 6.54 Å².